The van der Waals surface area contributed by atoms with Crippen LogP contribution in [0.2, 0.25) is 0 Å². The lowest BCUT2D eigenvalue weighted by molar-refractivity contribution is -0.138. The van der Waals surface area contributed by atoms with Crippen molar-refractivity contribution in [3.8, 4) is 22.8 Å². The number of hydrogen-bond donors (Lipinski definition) is 1. The SMILES string of the molecule is O=C(O)C[C@@H]1CCn2c1cc1cc(-c3noc(-c4cnccc4C(F)(F)F)n3)ccc12. The standard InChI is InChI=1S/C21H15F3N4O3/c22-21(23,24)15-3-5-25-10-14(15)20-26-19(27-31-20)12-1-2-16-13(7-12)8-17-11(9-18(29)30)4-6-28(16)17/h1-3,5,7-8,10-11H,4,6,9H2,(H,29,30)/t11-/m0/s1. The summed E-state index contributed by atoms with van der Waals surface area (Å²) in [7, 11) is 0. The van der Waals surface area contributed by atoms with E-state index in [-0.39, 0.29) is 29.6 Å². The summed E-state index contributed by atoms with van der Waals surface area (Å²) in [6.45, 7) is 0.740. The van der Waals surface area contributed by atoms with Gasteiger partial charge in [0.1, 0.15) is 0 Å². The molecule has 1 aliphatic rings. The number of carbonyl (C=O) groups is 1. The van der Waals surface area contributed by atoms with E-state index in [1.54, 1.807) is 6.07 Å². The molecule has 1 aromatic carbocycles. The summed E-state index contributed by atoms with van der Waals surface area (Å²) < 4.78 is 47.0. The molecule has 5 rings (SSSR count). The third kappa shape index (κ3) is 3.33. The summed E-state index contributed by atoms with van der Waals surface area (Å²) in [6.07, 6.45) is -1.62. The highest BCUT2D eigenvalue weighted by Crippen LogP contribution is 2.38. The zero-order valence-corrected chi connectivity index (χ0v) is 15.9. The van der Waals surface area contributed by atoms with Crippen molar-refractivity contribution in [2.24, 2.45) is 0 Å². The van der Waals surface area contributed by atoms with E-state index in [1.807, 2.05) is 18.2 Å². The lowest BCUT2D eigenvalue weighted by atomic mass is 10.0. The molecule has 3 aromatic heterocycles. The Bertz CT molecular complexity index is 1310. The van der Waals surface area contributed by atoms with Gasteiger partial charge in [-0.15, -0.1) is 0 Å². The zero-order valence-electron chi connectivity index (χ0n) is 15.9. The van der Waals surface area contributed by atoms with Gasteiger partial charge in [0, 0.05) is 47.0 Å². The Kier molecular flexibility index (Phi) is 4.31. The average molecular weight is 428 g/mol. The predicted molar refractivity (Wildman–Crippen MR) is 103 cm³/mol. The Morgan fingerprint density at radius 3 is 2.87 bits per heavy atom. The monoisotopic (exact) mass is 428 g/mol. The van der Waals surface area contributed by atoms with E-state index >= 15 is 0 Å². The van der Waals surface area contributed by atoms with E-state index in [1.165, 1.54) is 0 Å². The molecule has 0 aliphatic carbocycles. The molecule has 0 radical (unpaired) electrons. The van der Waals surface area contributed by atoms with E-state index in [0.29, 0.717) is 5.56 Å². The normalized spacial score (nSPS) is 16.0. The van der Waals surface area contributed by atoms with Crippen LogP contribution in [0.5, 0.6) is 0 Å². The second-order valence-corrected chi connectivity index (χ2v) is 7.42. The van der Waals surface area contributed by atoms with E-state index in [2.05, 4.69) is 19.7 Å². The first-order valence-electron chi connectivity index (χ1n) is 9.52. The molecular weight excluding hydrogens is 413 g/mol. The van der Waals surface area contributed by atoms with Crippen LogP contribution in [0.25, 0.3) is 33.7 Å². The molecule has 4 heterocycles. The van der Waals surface area contributed by atoms with Crippen LogP contribution in [0.1, 0.15) is 30.0 Å². The van der Waals surface area contributed by atoms with Crippen molar-refractivity contribution in [1.29, 1.82) is 0 Å². The van der Waals surface area contributed by atoms with Crippen LogP contribution in [0.15, 0.2) is 47.2 Å². The summed E-state index contributed by atoms with van der Waals surface area (Å²) in [6, 6.07) is 8.27. The maximum absolute atomic E-state index is 13.3. The van der Waals surface area contributed by atoms with Crippen molar-refractivity contribution >= 4 is 16.9 Å². The first-order valence-corrected chi connectivity index (χ1v) is 9.52. The van der Waals surface area contributed by atoms with Crippen molar-refractivity contribution < 1.29 is 27.6 Å². The quantitative estimate of drug-likeness (QED) is 0.505. The highest BCUT2D eigenvalue weighted by molar-refractivity contribution is 5.86. The third-order valence-electron chi connectivity index (χ3n) is 5.51. The number of fused-ring (bicyclic) bond motifs is 3. The molecule has 0 spiro atoms. The molecule has 0 amide bonds. The molecular formula is C21H15F3N4O3. The summed E-state index contributed by atoms with van der Waals surface area (Å²) in [4.78, 5) is 19.0. The van der Waals surface area contributed by atoms with E-state index in [0.717, 1.165) is 48.0 Å². The van der Waals surface area contributed by atoms with Crippen LogP contribution in [-0.4, -0.2) is 30.8 Å². The number of carboxylic acid groups (broad SMARTS) is 1. The summed E-state index contributed by atoms with van der Waals surface area (Å²) >= 11 is 0. The zero-order chi connectivity index (χ0) is 21.8. The Balaban J connectivity index is 1.51. The van der Waals surface area contributed by atoms with Crippen molar-refractivity contribution in [3.05, 3.63) is 54.0 Å². The molecule has 1 atom stereocenters. The fourth-order valence-corrected chi connectivity index (χ4v) is 4.13. The number of aryl methyl sites for hydroxylation is 1. The molecule has 0 unspecified atom stereocenters. The van der Waals surface area contributed by atoms with Gasteiger partial charge in [-0.2, -0.15) is 18.2 Å². The molecule has 0 saturated carbocycles. The molecule has 0 saturated heterocycles. The van der Waals surface area contributed by atoms with Gasteiger partial charge in [0.2, 0.25) is 5.82 Å². The van der Waals surface area contributed by atoms with Crippen LogP contribution < -0.4 is 0 Å². The summed E-state index contributed by atoms with van der Waals surface area (Å²) in [5.74, 6) is -0.993. The number of rotatable bonds is 4. The Morgan fingerprint density at radius 1 is 1.26 bits per heavy atom. The number of aromatic nitrogens is 4. The first-order chi connectivity index (χ1) is 14.8. The minimum Gasteiger partial charge on any atom is -0.481 e. The number of nitrogens with zero attached hydrogens (tertiary/aromatic N) is 4. The van der Waals surface area contributed by atoms with Gasteiger partial charge in [0.25, 0.3) is 5.89 Å². The lowest BCUT2D eigenvalue weighted by Crippen LogP contribution is -2.07. The van der Waals surface area contributed by atoms with Gasteiger partial charge in [0.05, 0.1) is 17.5 Å². The van der Waals surface area contributed by atoms with Gasteiger partial charge < -0.3 is 14.2 Å². The fraction of sp³-hybridized carbons (Fsp3) is 0.238. The van der Waals surface area contributed by atoms with Crippen LogP contribution in [0, 0.1) is 0 Å². The molecule has 31 heavy (non-hydrogen) atoms. The van der Waals surface area contributed by atoms with Crippen molar-refractivity contribution in [2.45, 2.75) is 31.5 Å². The average Bonchev–Trinajstić information content (AvgIpc) is 3.43. The molecule has 158 valence electrons. The minimum atomic E-state index is -4.58. The Hall–Kier alpha value is -3.69. The number of benzene rings is 1. The molecule has 7 nitrogen and oxygen atoms in total. The molecule has 1 N–H and O–H groups in total. The summed E-state index contributed by atoms with van der Waals surface area (Å²) in [5, 5.41) is 13.8. The highest BCUT2D eigenvalue weighted by atomic mass is 19.4. The molecule has 4 aromatic rings. The maximum Gasteiger partial charge on any atom is 0.417 e. The second-order valence-electron chi connectivity index (χ2n) is 7.42. The number of hydrogen-bond acceptors (Lipinski definition) is 5. The van der Waals surface area contributed by atoms with Crippen LogP contribution in [0.4, 0.5) is 13.2 Å². The van der Waals surface area contributed by atoms with Crippen LogP contribution >= 0.6 is 0 Å². The highest BCUT2D eigenvalue weighted by Gasteiger charge is 2.35. The first kappa shape index (κ1) is 19.3. The van der Waals surface area contributed by atoms with Gasteiger partial charge in [-0.1, -0.05) is 5.16 Å². The van der Waals surface area contributed by atoms with Gasteiger partial charge in [-0.05, 0) is 36.8 Å². The lowest BCUT2D eigenvalue weighted by Gasteiger charge is -2.08. The Labute approximate surface area is 173 Å². The predicted octanol–water partition coefficient (Wildman–Crippen LogP) is 4.73. The number of pyridine rings is 1. The van der Waals surface area contributed by atoms with Crippen molar-refractivity contribution in [1.82, 2.24) is 19.7 Å². The summed E-state index contributed by atoms with van der Waals surface area (Å²) in [5.41, 5.74) is 1.32. The second kappa shape index (κ2) is 6.93. The number of carboxylic acids is 1. The smallest absolute Gasteiger partial charge is 0.417 e. The van der Waals surface area contributed by atoms with Crippen molar-refractivity contribution in [2.75, 3.05) is 0 Å². The van der Waals surface area contributed by atoms with E-state index < -0.39 is 17.7 Å². The number of aliphatic carboxylic acids is 1. The molecule has 10 heteroatoms. The van der Waals surface area contributed by atoms with Gasteiger partial charge in [0.15, 0.2) is 0 Å². The molecule has 1 aliphatic heterocycles. The number of alkyl halides is 3. The molecule has 0 fully saturated rings. The van der Waals surface area contributed by atoms with Gasteiger partial charge >= 0.3 is 12.1 Å². The maximum atomic E-state index is 13.3. The van der Waals surface area contributed by atoms with Crippen molar-refractivity contribution in [3.63, 3.8) is 0 Å². The van der Waals surface area contributed by atoms with Crippen LogP contribution in [0.3, 0.4) is 0 Å². The molecule has 0 bridgehead atoms. The van der Waals surface area contributed by atoms with Gasteiger partial charge in [-0.25, -0.2) is 0 Å². The minimum absolute atomic E-state index is 0.0449. The van der Waals surface area contributed by atoms with Gasteiger partial charge in [-0.3, -0.25) is 9.78 Å². The largest absolute Gasteiger partial charge is 0.481 e. The number of halogens is 3. The van der Waals surface area contributed by atoms with Crippen LogP contribution in [-0.2, 0) is 17.5 Å². The van der Waals surface area contributed by atoms with E-state index in [4.69, 9.17) is 9.63 Å². The fourth-order valence-electron chi connectivity index (χ4n) is 4.13. The Morgan fingerprint density at radius 2 is 2.10 bits per heavy atom. The van der Waals surface area contributed by atoms with E-state index in [9.17, 15) is 18.0 Å². The third-order valence-corrected chi connectivity index (χ3v) is 5.51. The topological polar surface area (TPSA) is 94.0 Å².